The van der Waals surface area contributed by atoms with Crippen molar-refractivity contribution >= 4 is 35.0 Å². The summed E-state index contributed by atoms with van der Waals surface area (Å²) in [5.74, 6) is 0.438. The van der Waals surface area contributed by atoms with Crippen LogP contribution >= 0.6 is 23.1 Å². The molecular weight excluding hydrogens is 296 g/mol. The van der Waals surface area contributed by atoms with Crippen molar-refractivity contribution in [3.05, 3.63) is 16.1 Å². The number of nitrogens with zero attached hydrogens (tertiary/aromatic N) is 2. The van der Waals surface area contributed by atoms with Gasteiger partial charge in [0.1, 0.15) is 6.54 Å². The van der Waals surface area contributed by atoms with E-state index in [0.29, 0.717) is 18.7 Å². The highest BCUT2D eigenvalue weighted by Gasteiger charge is 2.15. The van der Waals surface area contributed by atoms with Crippen LogP contribution < -0.4 is 0 Å². The number of carboxylic acid groups (broad SMARTS) is 1. The summed E-state index contributed by atoms with van der Waals surface area (Å²) < 4.78 is 0. The molecule has 20 heavy (non-hydrogen) atoms. The molecule has 1 heterocycles. The Labute approximate surface area is 127 Å². The topological polar surface area (TPSA) is 70.5 Å². The predicted molar refractivity (Wildman–Crippen MR) is 82.1 cm³/mol. The number of aromatic nitrogens is 1. The van der Waals surface area contributed by atoms with Gasteiger partial charge in [-0.3, -0.25) is 9.59 Å². The van der Waals surface area contributed by atoms with E-state index in [0.717, 1.165) is 22.9 Å². The zero-order valence-electron chi connectivity index (χ0n) is 11.8. The third-order valence-electron chi connectivity index (χ3n) is 2.55. The van der Waals surface area contributed by atoms with Crippen LogP contribution in [0.4, 0.5) is 0 Å². The van der Waals surface area contributed by atoms with Crippen LogP contribution in [0, 0.1) is 6.92 Å². The molecule has 0 fully saturated rings. The molecule has 5 nitrogen and oxygen atoms in total. The van der Waals surface area contributed by atoms with E-state index in [1.807, 2.05) is 19.2 Å². The van der Waals surface area contributed by atoms with Crippen LogP contribution in [0.3, 0.4) is 0 Å². The van der Waals surface area contributed by atoms with Gasteiger partial charge < -0.3 is 10.0 Å². The first-order valence-electron chi connectivity index (χ1n) is 6.51. The van der Waals surface area contributed by atoms with Gasteiger partial charge in [0.25, 0.3) is 0 Å². The van der Waals surface area contributed by atoms with Gasteiger partial charge in [-0.1, -0.05) is 6.92 Å². The third-order valence-corrected chi connectivity index (χ3v) is 4.36. The molecule has 0 unspecified atom stereocenters. The highest BCUT2D eigenvalue weighted by atomic mass is 32.2. The number of aliphatic carboxylic acids is 1. The molecule has 0 aliphatic heterocycles. The summed E-state index contributed by atoms with van der Waals surface area (Å²) in [6.07, 6.45) is 1.14. The summed E-state index contributed by atoms with van der Waals surface area (Å²) in [4.78, 5) is 28.4. The molecule has 1 N–H and O–H groups in total. The fraction of sp³-hybridized carbons (Fsp3) is 0.615. The minimum absolute atomic E-state index is 0.0868. The van der Waals surface area contributed by atoms with Crippen LogP contribution in [0.2, 0.25) is 0 Å². The van der Waals surface area contributed by atoms with Crippen LogP contribution in [0.25, 0.3) is 0 Å². The molecule has 1 aromatic rings. The van der Waals surface area contributed by atoms with Crippen LogP contribution in [0.15, 0.2) is 5.38 Å². The second-order valence-electron chi connectivity index (χ2n) is 4.37. The zero-order chi connectivity index (χ0) is 15.0. The fourth-order valence-corrected chi connectivity index (χ4v) is 3.23. The van der Waals surface area contributed by atoms with Crippen molar-refractivity contribution in [1.82, 2.24) is 9.88 Å². The van der Waals surface area contributed by atoms with Crippen molar-refractivity contribution in [1.29, 1.82) is 0 Å². The number of amides is 1. The average Bonchev–Trinajstić information content (AvgIpc) is 2.79. The molecule has 1 amide bonds. The molecule has 0 radical (unpaired) electrons. The number of rotatable bonds is 9. The van der Waals surface area contributed by atoms with E-state index in [2.05, 4.69) is 4.98 Å². The van der Waals surface area contributed by atoms with Gasteiger partial charge in [-0.05, 0) is 13.3 Å². The Hall–Kier alpha value is -1.08. The number of aryl methyl sites for hydroxylation is 1. The normalized spacial score (nSPS) is 10.5. The molecular formula is C13H20N2O3S2. The first-order chi connectivity index (χ1) is 9.52. The Morgan fingerprint density at radius 3 is 2.80 bits per heavy atom. The lowest BCUT2D eigenvalue weighted by molar-refractivity contribution is -0.144. The van der Waals surface area contributed by atoms with Crippen LogP contribution in [-0.4, -0.2) is 45.7 Å². The Bertz CT molecular complexity index is 449. The van der Waals surface area contributed by atoms with E-state index >= 15 is 0 Å². The standard InChI is InChI=1S/C13H20N2O3S2/c1-3-5-15(7-13(17)18)12(16)4-6-19-8-11-9-20-10(2)14-11/h9H,3-8H2,1-2H3,(H,17,18). The van der Waals surface area contributed by atoms with Crippen molar-refractivity contribution in [2.24, 2.45) is 0 Å². The number of carbonyl (C=O) groups excluding carboxylic acids is 1. The van der Waals surface area contributed by atoms with Crippen molar-refractivity contribution in [3.63, 3.8) is 0 Å². The van der Waals surface area contributed by atoms with E-state index in [-0.39, 0.29) is 12.5 Å². The summed E-state index contributed by atoms with van der Waals surface area (Å²) in [6, 6.07) is 0. The Balaban J connectivity index is 2.28. The maximum absolute atomic E-state index is 11.9. The largest absolute Gasteiger partial charge is 0.480 e. The molecule has 1 aromatic heterocycles. The summed E-state index contributed by atoms with van der Waals surface area (Å²) in [7, 11) is 0. The Kier molecular flexibility index (Phi) is 7.61. The van der Waals surface area contributed by atoms with Gasteiger partial charge in [0.2, 0.25) is 5.91 Å². The second-order valence-corrected chi connectivity index (χ2v) is 6.54. The number of hydrogen-bond donors (Lipinski definition) is 1. The van der Waals surface area contributed by atoms with Gasteiger partial charge in [-0.25, -0.2) is 4.98 Å². The second kappa shape index (κ2) is 8.97. The number of carbonyl (C=O) groups is 2. The number of carboxylic acids is 1. The number of hydrogen-bond acceptors (Lipinski definition) is 5. The van der Waals surface area contributed by atoms with Gasteiger partial charge in [-0.15, -0.1) is 11.3 Å². The molecule has 0 bridgehead atoms. The molecule has 1 rings (SSSR count). The lowest BCUT2D eigenvalue weighted by Crippen LogP contribution is -2.36. The molecule has 0 atom stereocenters. The minimum atomic E-state index is -0.961. The zero-order valence-corrected chi connectivity index (χ0v) is 13.4. The lowest BCUT2D eigenvalue weighted by Gasteiger charge is -2.19. The van der Waals surface area contributed by atoms with Gasteiger partial charge in [0.05, 0.1) is 10.7 Å². The molecule has 7 heteroatoms. The maximum atomic E-state index is 11.9. The molecule has 0 aliphatic carbocycles. The van der Waals surface area contributed by atoms with Crippen LogP contribution in [-0.2, 0) is 15.3 Å². The summed E-state index contributed by atoms with van der Waals surface area (Å²) >= 11 is 3.27. The van der Waals surface area contributed by atoms with Gasteiger partial charge in [0.15, 0.2) is 0 Å². The van der Waals surface area contributed by atoms with Gasteiger partial charge >= 0.3 is 5.97 Å². The van der Waals surface area contributed by atoms with Crippen molar-refractivity contribution in [2.45, 2.75) is 32.4 Å². The highest BCUT2D eigenvalue weighted by molar-refractivity contribution is 7.98. The Morgan fingerprint density at radius 2 is 2.25 bits per heavy atom. The minimum Gasteiger partial charge on any atom is -0.480 e. The van der Waals surface area contributed by atoms with Crippen molar-refractivity contribution < 1.29 is 14.7 Å². The average molecular weight is 316 g/mol. The van der Waals surface area contributed by atoms with Crippen LogP contribution in [0.1, 0.15) is 30.5 Å². The third kappa shape index (κ3) is 6.38. The van der Waals surface area contributed by atoms with E-state index in [1.165, 1.54) is 4.90 Å². The predicted octanol–water partition coefficient (Wildman–Crippen LogP) is 2.40. The van der Waals surface area contributed by atoms with E-state index in [9.17, 15) is 9.59 Å². The summed E-state index contributed by atoms with van der Waals surface area (Å²) in [5.41, 5.74) is 1.04. The molecule has 112 valence electrons. The van der Waals surface area contributed by atoms with E-state index < -0.39 is 5.97 Å². The Morgan fingerprint density at radius 1 is 1.50 bits per heavy atom. The molecule has 0 saturated heterocycles. The SMILES string of the molecule is CCCN(CC(=O)O)C(=O)CCSCc1csc(C)n1. The summed E-state index contributed by atoms with van der Waals surface area (Å²) in [5, 5.41) is 11.8. The molecule has 0 aromatic carbocycles. The van der Waals surface area contributed by atoms with E-state index in [1.54, 1.807) is 23.1 Å². The van der Waals surface area contributed by atoms with Crippen molar-refractivity contribution in [3.8, 4) is 0 Å². The summed E-state index contributed by atoms with van der Waals surface area (Å²) in [6.45, 7) is 4.20. The van der Waals surface area contributed by atoms with Crippen molar-refractivity contribution in [2.75, 3.05) is 18.8 Å². The van der Waals surface area contributed by atoms with Crippen LogP contribution in [0.5, 0.6) is 0 Å². The smallest absolute Gasteiger partial charge is 0.323 e. The molecule has 0 spiro atoms. The first kappa shape index (κ1) is 17.0. The number of thioether (sulfide) groups is 1. The molecule has 0 aliphatic rings. The molecule has 0 saturated carbocycles. The quantitative estimate of drug-likeness (QED) is 0.708. The highest BCUT2D eigenvalue weighted by Crippen LogP contribution is 2.16. The van der Waals surface area contributed by atoms with E-state index in [4.69, 9.17) is 5.11 Å². The number of thiazole rings is 1. The maximum Gasteiger partial charge on any atom is 0.323 e. The fourth-order valence-electron chi connectivity index (χ4n) is 1.69. The first-order valence-corrected chi connectivity index (χ1v) is 8.54. The van der Waals surface area contributed by atoms with Gasteiger partial charge in [-0.2, -0.15) is 11.8 Å². The lowest BCUT2D eigenvalue weighted by atomic mass is 10.3. The monoisotopic (exact) mass is 316 g/mol. The van der Waals surface area contributed by atoms with Gasteiger partial charge in [0, 0.05) is 29.9 Å².